The fraction of sp³-hybridized carbons (Fsp3) is 0.273. The van der Waals surface area contributed by atoms with Crippen molar-refractivity contribution in [3.05, 3.63) is 30.6 Å². The standard InChI is InChI=1S/C11H11N7O3/c19-10(20)9-5-18(16-15-9)8-3-17(4-8)11(21)14-7-1-12-6-13-2-7/h1-2,5-6,8H,3-4H2,(H,14,21)(H,19,20). The molecule has 2 N–H and O–H groups in total. The normalized spacial score (nSPS) is 14.6. The van der Waals surface area contributed by atoms with Crippen LogP contribution in [-0.4, -0.2) is 60.1 Å². The molecule has 3 heterocycles. The summed E-state index contributed by atoms with van der Waals surface area (Å²) in [4.78, 5) is 31.8. The second-order valence-electron chi connectivity index (χ2n) is 4.51. The Bertz CT molecular complexity index is 665. The highest BCUT2D eigenvalue weighted by Crippen LogP contribution is 2.21. The lowest BCUT2D eigenvalue weighted by atomic mass is 10.1. The molecule has 1 aliphatic rings. The molecule has 2 amide bonds. The number of carboxylic acid groups (broad SMARTS) is 1. The summed E-state index contributed by atoms with van der Waals surface area (Å²) >= 11 is 0. The summed E-state index contributed by atoms with van der Waals surface area (Å²) in [5.41, 5.74) is 0.402. The van der Waals surface area contributed by atoms with Gasteiger partial charge in [-0.2, -0.15) is 0 Å². The Morgan fingerprint density at radius 1 is 1.29 bits per heavy atom. The highest BCUT2D eigenvalue weighted by atomic mass is 16.4. The number of amides is 2. The molecule has 1 saturated heterocycles. The first kappa shape index (κ1) is 13.0. The highest BCUT2D eigenvalue weighted by Gasteiger charge is 2.33. The van der Waals surface area contributed by atoms with Crippen molar-refractivity contribution in [3.63, 3.8) is 0 Å². The van der Waals surface area contributed by atoms with Crippen molar-refractivity contribution in [2.24, 2.45) is 0 Å². The first-order valence-corrected chi connectivity index (χ1v) is 6.09. The molecular weight excluding hydrogens is 278 g/mol. The quantitative estimate of drug-likeness (QED) is 0.804. The molecule has 0 saturated carbocycles. The van der Waals surface area contributed by atoms with Gasteiger partial charge >= 0.3 is 12.0 Å². The molecule has 1 fully saturated rings. The third-order valence-corrected chi connectivity index (χ3v) is 3.06. The van der Waals surface area contributed by atoms with Gasteiger partial charge in [-0.1, -0.05) is 5.21 Å². The molecule has 3 rings (SSSR count). The first-order chi connectivity index (χ1) is 10.1. The molecule has 108 valence electrons. The maximum atomic E-state index is 11.9. The van der Waals surface area contributed by atoms with E-state index in [1.807, 2.05) is 0 Å². The Morgan fingerprint density at radius 2 is 2.00 bits per heavy atom. The minimum atomic E-state index is -1.13. The average Bonchev–Trinajstić information content (AvgIpc) is 2.88. The Hall–Kier alpha value is -3.04. The molecule has 0 unspecified atom stereocenters. The van der Waals surface area contributed by atoms with Crippen LogP contribution in [0.15, 0.2) is 24.9 Å². The van der Waals surface area contributed by atoms with Gasteiger partial charge in [0.1, 0.15) is 6.33 Å². The summed E-state index contributed by atoms with van der Waals surface area (Å²) in [7, 11) is 0. The van der Waals surface area contributed by atoms with E-state index in [1.165, 1.54) is 29.6 Å². The number of hydrogen-bond donors (Lipinski definition) is 2. The van der Waals surface area contributed by atoms with Crippen molar-refractivity contribution in [1.82, 2.24) is 29.9 Å². The molecule has 0 radical (unpaired) electrons. The number of nitrogens with zero attached hydrogens (tertiary/aromatic N) is 6. The Balaban J connectivity index is 1.55. The van der Waals surface area contributed by atoms with E-state index in [1.54, 1.807) is 4.90 Å². The van der Waals surface area contributed by atoms with E-state index < -0.39 is 5.97 Å². The summed E-state index contributed by atoms with van der Waals surface area (Å²) in [6.45, 7) is 0.865. The molecule has 1 aliphatic heterocycles. The molecule has 21 heavy (non-hydrogen) atoms. The molecule has 0 spiro atoms. The monoisotopic (exact) mass is 289 g/mol. The maximum Gasteiger partial charge on any atom is 0.358 e. The van der Waals surface area contributed by atoms with Crippen LogP contribution in [0, 0.1) is 0 Å². The van der Waals surface area contributed by atoms with Gasteiger partial charge in [0.05, 0.1) is 30.3 Å². The topological polar surface area (TPSA) is 126 Å². The van der Waals surface area contributed by atoms with Gasteiger partial charge in [0.2, 0.25) is 0 Å². The van der Waals surface area contributed by atoms with Gasteiger partial charge in [0, 0.05) is 13.1 Å². The molecule has 0 aliphatic carbocycles. The number of anilines is 1. The second kappa shape index (κ2) is 5.15. The lowest BCUT2D eigenvalue weighted by Gasteiger charge is -2.38. The van der Waals surface area contributed by atoms with Gasteiger partial charge in [-0.15, -0.1) is 5.10 Å². The molecule has 0 atom stereocenters. The van der Waals surface area contributed by atoms with Crippen molar-refractivity contribution in [1.29, 1.82) is 0 Å². The number of carbonyl (C=O) groups is 2. The van der Waals surface area contributed by atoms with E-state index >= 15 is 0 Å². The molecule has 2 aromatic rings. The smallest absolute Gasteiger partial charge is 0.358 e. The summed E-state index contributed by atoms with van der Waals surface area (Å²) in [6, 6.07) is -0.331. The number of hydrogen-bond acceptors (Lipinski definition) is 6. The fourth-order valence-electron chi connectivity index (χ4n) is 1.91. The predicted octanol–water partition coefficient (Wildman–Crippen LogP) is -0.145. The van der Waals surface area contributed by atoms with Crippen LogP contribution in [0.25, 0.3) is 0 Å². The van der Waals surface area contributed by atoms with Gasteiger partial charge in [-0.3, -0.25) is 0 Å². The van der Waals surface area contributed by atoms with Crippen LogP contribution in [0.1, 0.15) is 16.5 Å². The van der Waals surface area contributed by atoms with Gasteiger partial charge in [0.25, 0.3) is 0 Å². The lowest BCUT2D eigenvalue weighted by molar-refractivity contribution is 0.0690. The molecule has 0 aromatic carbocycles. The zero-order valence-corrected chi connectivity index (χ0v) is 10.7. The number of carbonyl (C=O) groups excluding carboxylic acids is 1. The van der Waals surface area contributed by atoms with E-state index in [0.29, 0.717) is 18.8 Å². The van der Waals surface area contributed by atoms with Gasteiger partial charge in [-0.05, 0) is 0 Å². The summed E-state index contributed by atoms with van der Waals surface area (Å²) in [5, 5.41) is 18.7. The number of aromatic nitrogens is 5. The van der Waals surface area contributed by atoms with E-state index in [2.05, 4.69) is 25.6 Å². The van der Waals surface area contributed by atoms with E-state index in [4.69, 9.17) is 5.11 Å². The Labute approximate surface area is 118 Å². The molecule has 10 heteroatoms. The third-order valence-electron chi connectivity index (χ3n) is 3.06. The van der Waals surface area contributed by atoms with Gasteiger partial charge < -0.3 is 15.3 Å². The van der Waals surface area contributed by atoms with Crippen molar-refractivity contribution in [2.75, 3.05) is 18.4 Å². The van der Waals surface area contributed by atoms with E-state index in [9.17, 15) is 9.59 Å². The summed E-state index contributed by atoms with van der Waals surface area (Å²) < 4.78 is 1.46. The van der Waals surface area contributed by atoms with Crippen molar-refractivity contribution < 1.29 is 14.7 Å². The predicted molar refractivity (Wildman–Crippen MR) is 68.6 cm³/mol. The van der Waals surface area contributed by atoms with E-state index in [0.717, 1.165) is 0 Å². The zero-order chi connectivity index (χ0) is 14.8. The number of nitrogens with one attached hydrogen (secondary N) is 1. The third kappa shape index (κ3) is 2.63. The summed E-state index contributed by atoms with van der Waals surface area (Å²) in [5.74, 6) is -1.13. The van der Waals surface area contributed by atoms with Crippen molar-refractivity contribution >= 4 is 17.7 Å². The van der Waals surface area contributed by atoms with Crippen LogP contribution < -0.4 is 5.32 Å². The largest absolute Gasteiger partial charge is 0.476 e. The summed E-state index contributed by atoms with van der Waals surface area (Å²) in [6.07, 6.45) is 5.73. The van der Waals surface area contributed by atoms with Crippen LogP contribution in [-0.2, 0) is 0 Å². The van der Waals surface area contributed by atoms with Crippen LogP contribution in [0.5, 0.6) is 0 Å². The Kier molecular flexibility index (Phi) is 3.18. The minimum absolute atomic E-state index is 0.0663. The second-order valence-corrected chi connectivity index (χ2v) is 4.51. The lowest BCUT2D eigenvalue weighted by Crippen LogP contribution is -2.52. The van der Waals surface area contributed by atoms with E-state index in [-0.39, 0.29) is 17.8 Å². The minimum Gasteiger partial charge on any atom is -0.476 e. The van der Waals surface area contributed by atoms with Crippen LogP contribution in [0.4, 0.5) is 10.5 Å². The molecular formula is C11H11N7O3. The first-order valence-electron chi connectivity index (χ1n) is 6.09. The average molecular weight is 289 g/mol. The van der Waals surface area contributed by atoms with Crippen molar-refractivity contribution in [3.8, 4) is 0 Å². The fourth-order valence-corrected chi connectivity index (χ4v) is 1.91. The van der Waals surface area contributed by atoms with Gasteiger partial charge in [0.15, 0.2) is 5.69 Å². The molecule has 0 bridgehead atoms. The number of urea groups is 1. The van der Waals surface area contributed by atoms with Crippen LogP contribution in [0.3, 0.4) is 0 Å². The van der Waals surface area contributed by atoms with Crippen LogP contribution in [0.2, 0.25) is 0 Å². The highest BCUT2D eigenvalue weighted by molar-refractivity contribution is 5.89. The van der Waals surface area contributed by atoms with Crippen molar-refractivity contribution in [2.45, 2.75) is 6.04 Å². The Morgan fingerprint density at radius 3 is 2.62 bits per heavy atom. The number of aromatic carboxylic acids is 1. The van der Waals surface area contributed by atoms with Gasteiger partial charge in [-0.25, -0.2) is 24.2 Å². The number of rotatable bonds is 3. The number of likely N-dealkylation sites (tertiary alicyclic amines) is 1. The SMILES string of the molecule is O=C(O)c1cn(C2CN(C(=O)Nc3cncnc3)C2)nn1. The van der Waals surface area contributed by atoms with Crippen LogP contribution >= 0.6 is 0 Å². The molecule has 2 aromatic heterocycles. The number of carboxylic acids is 1. The zero-order valence-electron chi connectivity index (χ0n) is 10.7. The molecule has 10 nitrogen and oxygen atoms in total. The maximum absolute atomic E-state index is 11.9.